The summed E-state index contributed by atoms with van der Waals surface area (Å²) in [5.41, 5.74) is 0.920. The number of benzene rings is 1. The minimum absolute atomic E-state index is 0.179. The summed E-state index contributed by atoms with van der Waals surface area (Å²) in [4.78, 5) is 2.20. The zero-order chi connectivity index (χ0) is 12.3. The number of nitrogens with zero attached hydrogens (tertiary/aromatic N) is 1. The Morgan fingerprint density at radius 1 is 1.53 bits per heavy atom. The number of methoxy groups -OCH3 is 1. The molecular weight excluding hydrogens is 221 g/mol. The molecule has 0 radical (unpaired) electrons. The third-order valence-corrected chi connectivity index (χ3v) is 3.31. The maximum absolute atomic E-state index is 13.5. The largest absolute Gasteiger partial charge is 0.494 e. The summed E-state index contributed by atoms with van der Waals surface area (Å²) in [6.45, 7) is 1.84. The van der Waals surface area contributed by atoms with E-state index in [1.165, 1.54) is 13.2 Å². The third-order valence-electron chi connectivity index (χ3n) is 3.31. The molecule has 0 unspecified atom stereocenters. The van der Waals surface area contributed by atoms with Crippen molar-refractivity contribution in [3.8, 4) is 5.75 Å². The van der Waals surface area contributed by atoms with Crippen LogP contribution in [0.2, 0.25) is 0 Å². The van der Waals surface area contributed by atoms with Crippen molar-refractivity contribution in [2.75, 3.05) is 20.3 Å². The molecule has 94 valence electrons. The van der Waals surface area contributed by atoms with Gasteiger partial charge in [-0.25, -0.2) is 4.39 Å². The highest BCUT2D eigenvalue weighted by atomic mass is 19.1. The van der Waals surface area contributed by atoms with Gasteiger partial charge in [-0.3, -0.25) is 4.90 Å². The van der Waals surface area contributed by atoms with Gasteiger partial charge in [0, 0.05) is 12.6 Å². The topological polar surface area (TPSA) is 32.7 Å². The fourth-order valence-electron chi connectivity index (χ4n) is 2.35. The molecule has 1 heterocycles. The fourth-order valence-corrected chi connectivity index (χ4v) is 2.35. The van der Waals surface area contributed by atoms with Crippen molar-refractivity contribution in [2.45, 2.75) is 25.4 Å². The maximum Gasteiger partial charge on any atom is 0.165 e. The van der Waals surface area contributed by atoms with E-state index in [0.29, 0.717) is 6.54 Å². The minimum atomic E-state index is -0.329. The van der Waals surface area contributed by atoms with E-state index in [4.69, 9.17) is 4.74 Å². The molecule has 0 bridgehead atoms. The average molecular weight is 239 g/mol. The van der Waals surface area contributed by atoms with E-state index in [1.807, 2.05) is 6.07 Å². The van der Waals surface area contributed by atoms with E-state index in [-0.39, 0.29) is 24.2 Å². The Kier molecular flexibility index (Phi) is 3.97. The van der Waals surface area contributed by atoms with Crippen LogP contribution in [0, 0.1) is 5.82 Å². The molecule has 0 aromatic heterocycles. The first-order valence-corrected chi connectivity index (χ1v) is 5.92. The summed E-state index contributed by atoms with van der Waals surface area (Å²) in [7, 11) is 1.46. The van der Waals surface area contributed by atoms with Gasteiger partial charge in [-0.2, -0.15) is 0 Å². The van der Waals surface area contributed by atoms with Gasteiger partial charge in [0.05, 0.1) is 13.7 Å². The number of aliphatic hydroxyl groups is 1. The number of aliphatic hydroxyl groups excluding tert-OH is 1. The van der Waals surface area contributed by atoms with Crippen molar-refractivity contribution >= 4 is 0 Å². The Labute approximate surface area is 101 Å². The summed E-state index contributed by atoms with van der Waals surface area (Å²) in [5, 5.41) is 9.22. The van der Waals surface area contributed by atoms with E-state index in [2.05, 4.69) is 4.90 Å². The lowest BCUT2D eigenvalue weighted by Crippen LogP contribution is -2.31. The van der Waals surface area contributed by atoms with E-state index >= 15 is 0 Å². The van der Waals surface area contributed by atoms with Crippen molar-refractivity contribution in [2.24, 2.45) is 0 Å². The van der Waals surface area contributed by atoms with Gasteiger partial charge in [0.2, 0.25) is 0 Å². The molecule has 1 aromatic carbocycles. The molecule has 1 aliphatic rings. The molecule has 2 rings (SSSR count). The van der Waals surface area contributed by atoms with Crippen LogP contribution in [0.3, 0.4) is 0 Å². The van der Waals surface area contributed by atoms with Crippen molar-refractivity contribution < 1.29 is 14.2 Å². The highest BCUT2D eigenvalue weighted by Crippen LogP contribution is 2.22. The van der Waals surface area contributed by atoms with Crippen LogP contribution in [0.15, 0.2) is 18.2 Å². The summed E-state index contributed by atoms with van der Waals surface area (Å²) in [6, 6.07) is 5.25. The van der Waals surface area contributed by atoms with Crippen LogP contribution in [0.5, 0.6) is 5.75 Å². The Morgan fingerprint density at radius 2 is 2.35 bits per heavy atom. The molecule has 0 amide bonds. The SMILES string of the molecule is COc1ccc(CN2CCC[C@@H]2CO)cc1F. The first kappa shape index (κ1) is 12.3. The standard InChI is InChI=1S/C13H18FNO2/c1-17-13-5-4-10(7-12(13)14)8-15-6-2-3-11(15)9-16/h4-5,7,11,16H,2-3,6,8-9H2,1H3/t11-/m1/s1. The molecule has 1 aliphatic heterocycles. The van der Waals surface area contributed by atoms with Gasteiger partial charge in [0.1, 0.15) is 0 Å². The second kappa shape index (κ2) is 5.47. The van der Waals surface area contributed by atoms with Crippen LogP contribution in [0.1, 0.15) is 18.4 Å². The predicted octanol–water partition coefficient (Wildman–Crippen LogP) is 1.79. The van der Waals surface area contributed by atoms with Crippen molar-refractivity contribution in [1.82, 2.24) is 4.90 Å². The first-order valence-electron chi connectivity index (χ1n) is 5.92. The fraction of sp³-hybridized carbons (Fsp3) is 0.538. The molecule has 17 heavy (non-hydrogen) atoms. The average Bonchev–Trinajstić information content (AvgIpc) is 2.76. The maximum atomic E-state index is 13.5. The lowest BCUT2D eigenvalue weighted by atomic mass is 10.1. The molecule has 1 aromatic rings. The van der Waals surface area contributed by atoms with Gasteiger partial charge < -0.3 is 9.84 Å². The van der Waals surface area contributed by atoms with E-state index in [9.17, 15) is 9.50 Å². The van der Waals surface area contributed by atoms with Crippen LogP contribution >= 0.6 is 0 Å². The van der Waals surface area contributed by atoms with Crippen molar-refractivity contribution in [3.05, 3.63) is 29.6 Å². The van der Waals surface area contributed by atoms with Gasteiger partial charge >= 0.3 is 0 Å². The van der Waals surface area contributed by atoms with E-state index in [1.54, 1.807) is 6.07 Å². The third kappa shape index (κ3) is 2.76. The number of likely N-dealkylation sites (tertiary alicyclic amines) is 1. The van der Waals surface area contributed by atoms with Gasteiger partial charge in [-0.1, -0.05) is 6.07 Å². The van der Waals surface area contributed by atoms with Gasteiger partial charge in [0.15, 0.2) is 11.6 Å². The van der Waals surface area contributed by atoms with Crippen LogP contribution in [0.25, 0.3) is 0 Å². The summed E-state index contributed by atoms with van der Waals surface area (Å²) >= 11 is 0. The Hall–Kier alpha value is -1.13. The first-order chi connectivity index (χ1) is 8.24. The second-order valence-corrected chi connectivity index (χ2v) is 4.42. The molecule has 1 atom stereocenters. The molecule has 0 aliphatic carbocycles. The zero-order valence-electron chi connectivity index (χ0n) is 10.0. The Morgan fingerprint density at radius 3 is 3.00 bits per heavy atom. The monoisotopic (exact) mass is 239 g/mol. The highest BCUT2D eigenvalue weighted by molar-refractivity contribution is 5.29. The predicted molar refractivity (Wildman–Crippen MR) is 63.5 cm³/mol. The molecule has 3 nitrogen and oxygen atoms in total. The van der Waals surface area contributed by atoms with Gasteiger partial charge in [-0.15, -0.1) is 0 Å². The van der Waals surface area contributed by atoms with E-state index < -0.39 is 0 Å². The molecule has 1 N–H and O–H groups in total. The number of ether oxygens (including phenoxy) is 1. The Bertz CT molecular complexity index is 384. The van der Waals surface area contributed by atoms with Crippen molar-refractivity contribution in [1.29, 1.82) is 0 Å². The quantitative estimate of drug-likeness (QED) is 0.869. The van der Waals surface area contributed by atoms with Crippen LogP contribution in [0.4, 0.5) is 4.39 Å². The van der Waals surface area contributed by atoms with E-state index in [0.717, 1.165) is 24.9 Å². The van der Waals surface area contributed by atoms with Gasteiger partial charge in [-0.05, 0) is 37.1 Å². The molecule has 4 heteroatoms. The number of hydrogen-bond acceptors (Lipinski definition) is 3. The minimum Gasteiger partial charge on any atom is -0.494 e. The van der Waals surface area contributed by atoms with Crippen LogP contribution in [-0.4, -0.2) is 36.3 Å². The summed E-state index contributed by atoms with van der Waals surface area (Å²) < 4.78 is 18.4. The molecular formula is C13H18FNO2. The van der Waals surface area contributed by atoms with Gasteiger partial charge in [0.25, 0.3) is 0 Å². The number of hydrogen-bond donors (Lipinski definition) is 1. The number of rotatable bonds is 4. The lowest BCUT2D eigenvalue weighted by Gasteiger charge is -2.22. The molecule has 0 saturated carbocycles. The summed E-state index contributed by atoms with van der Waals surface area (Å²) in [5.74, 6) is -0.0568. The molecule has 1 saturated heterocycles. The van der Waals surface area contributed by atoms with Crippen LogP contribution < -0.4 is 4.74 Å². The highest BCUT2D eigenvalue weighted by Gasteiger charge is 2.23. The van der Waals surface area contributed by atoms with Crippen molar-refractivity contribution in [3.63, 3.8) is 0 Å². The smallest absolute Gasteiger partial charge is 0.165 e. The normalized spacial score (nSPS) is 20.8. The molecule has 0 spiro atoms. The Balaban J connectivity index is 2.05. The number of halogens is 1. The summed E-state index contributed by atoms with van der Waals surface area (Å²) in [6.07, 6.45) is 2.12. The second-order valence-electron chi connectivity index (χ2n) is 4.42. The van der Waals surface area contributed by atoms with Crippen LogP contribution in [-0.2, 0) is 6.54 Å². The molecule has 1 fully saturated rings. The lowest BCUT2D eigenvalue weighted by molar-refractivity contribution is 0.153. The zero-order valence-corrected chi connectivity index (χ0v) is 10.0.